The predicted molar refractivity (Wildman–Crippen MR) is 92.3 cm³/mol. The maximum absolute atomic E-state index is 13.0. The summed E-state index contributed by atoms with van der Waals surface area (Å²) in [5.41, 5.74) is 1.04. The number of aryl methyl sites for hydroxylation is 1. The van der Waals surface area contributed by atoms with Gasteiger partial charge in [0.2, 0.25) is 11.0 Å². The third-order valence-corrected chi connectivity index (χ3v) is 5.37. The molecule has 1 saturated heterocycles. The summed E-state index contributed by atoms with van der Waals surface area (Å²) in [6, 6.07) is 6.52. The average Bonchev–Trinajstić information content (AvgIpc) is 3.26. The molecule has 3 aromatic rings. The van der Waals surface area contributed by atoms with E-state index in [1.54, 1.807) is 23.5 Å². The molecule has 0 spiro atoms. The lowest BCUT2D eigenvalue weighted by molar-refractivity contribution is 0.327. The molecule has 0 unspecified atom stereocenters. The van der Waals surface area contributed by atoms with Crippen molar-refractivity contribution >= 4 is 16.5 Å². The monoisotopic (exact) mass is 359 g/mol. The Kier molecular flexibility index (Phi) is 4.44. The Morgan fingerprint density at radius 2 is 1.96 bits per heavy atom. The van der Waals surface area contributed by atoms with Gasteiger partial charge < -0.3 is 9.42 Å². The lowest BCUT2D eigenvalue weighted by Crippen LogP contribution is -2.32. The van der Waals surface area contributed by atoms with Crippen molar-refractivity contribution in [2.75, 3.05) is 18.0 Å². The molecular weight excluding hydrogens is 341 g/mol. The second kappa shape index (κ2) is 6.87. The van der Waals surface area contributed by atoms with Gasteiger partial charge in [0.25, 0.3) is 0 Å². The van der Waals surface area contributed by atoms with Crippen molar-refractivity contribution in [2.45, 2.75) is 32.1 Å². The molecule has 1 fully saturated rings. The van der Waals surface area contributed by atoms with Gasteiger partial charge in [-0.05, 0) is 37.5 Å². The quantitative estimate of drug-likeness (QED) is 0.712. The van der Waals surface area contributed by atoms with Crippen LogP contribution >= 0.6 is 11.3 Å². The summed E-state index contributed by atoms with van der Waals surface area (Å²) in [5, 5.41) is 14.4. The van der Waals surface area contributed by atoms with E-state index in [9.17, 15) is 4.39 Å². The molecule has 1 aliphatic rings. The highest BCUT2D eigenvalue weighted by Gasteiger charge is 2.26. The average molecular weight is 359 g/mol. The fraction of sp³-hybridized carbons (Fsp3) is 0.412. The molecule has 4 rings (SSSR count). The van der Waals surface area contributed by atoms with Crippen molar-refractivity contribution in [3.63, 3.8) is 0 Å². The van der Waals surface area contributed by atoms with Gasteiger partial charge in [0.15, 0.2) is 5.82 Å². The van der Waals surface area contributed by atoms with Crippen molar-refractivity contribution in [2.24, 2.45) is 0 Å². The van der Waals surface area contributed by atoms with Crippen molar-refractivity contribution in [1.29, 1.82) is 0 Å². The fourth-order valence-corrected chi connectivity index (χ4v) is 3.94. The highest BCUT2D eigenvalue weighted by Crippen LogP contribution is 2.31. The van der Waals surface area contributed by atoms with Gasteiger partial charge >= 0.3 is 0 Å². The number of aromatic nitrogens is 4. The zero-order chi connectivity index (χ0) is 17.2. The SMILES string of the molecule is Cc1noc(C2CCN(c3nnc(Cc4ccc(F)cc4)s3)CC2)n1. The Bertz CT molecular complexity index is 839. The second-order valence-electron chi connectivity index (χ2n) is 6.22. The van der Waals surface area contributed by atoms with Gasteiger partial charge in [0.1, 0.15) is 10.8 Å². The molecule has 8 heteroatoms. The van der Waals surface area contributed by atoms with Crippen LogP contribution in [-0.2, 0) is 6.42 Å². The molecule has 1 aliphatic heterocycles. The standard InChI is InChI=1S/C17H18FN5OS/c1-11-19-16(24-22-11)13-6-8-23(9-7-13)17-21-20-15(25-17)10-12-2-4-14(18)5-3-12/h2-5,13H,6-10H2,1H3. The summed E-state index contributed by atoms with van der Waals surface area (Å²) in [7, 11) is 0. The van der Waals surface area contributed by atoms with Crippen LogP contribution in [0.25, 0.3) is 0 Å². The highest BCUT2D eigenvalue weighted by atomic mass is 32.1. The van der Waals surface area contributed by atoms with E-state index in [1.807, 2.05) is 6.92 Å². The summed E-state index contributed by atoms with van der Waals surface area (Å²) in [6.45, 7) is 3.64. The van der Waals surface area contributed by atoms with Crippen molar-refractivity contribution in [1.82, 2.24) is 20.3 Å². The molecule has 0 saturated carbocycles. The third kappa shape index (κ3) is 3.68. The summed E-state index contributed by atoms with van der Waals surface area (Å²) in [4.78, 5) is 6.60. The minimum Gasteiger partial charge on any atom is -0.347 e. The van der Waals surface area contributed by atoms with Gasteiger partial charge in [-0.1, -0.05) is 28.6 Å². The maximum atomic E-state index is 13.0. The van der Waals surface area contributed by atoms with E-state index in [2.05, 4.69) is 25.2 Å². The Balaban J connectivity index is 1.37. The first-order chi connectivity index (χ1) is 12.2. The number of rotatable bonds is 4. The Morgan fingerprint density at radius 1 is 1.20 bits per heavy atom. The van der Waals surface area contributed by atoms with Crippen LogP contribution < -0.4 is 4.90 Å². The number of benzene rings is 1. The number of piperidine rings is 1. The second-order valence-corrected chi connectivity index (χ2v) is 7.26. The Labute approximate surface area is 148 Å². The Hall–Kier alpha value is -2.35. The summed E-state index contributed by atoms with van der Waals surface area (Å²) < 4.78 is 18.3. The molecule has 0 atom stereocenters. The van der Waals surface area contributed by atoms with E-state index in [-0.39, 0.29) is 5.82 Å². The largest absolute Gasteiger partial charge is 0.347 e. The topological polar surface area (TPSA) is 67.9 Å². The molecular formula is C17H18FN5OS. The smallest absolute Gasteiger partial charge is 0.229 e. The van der Waals surface area contributed by atoms with Gasteiger partial charge in [0.05, 0.1) is 0 Å². The zero-order valence-corrected chi connectivity index (χ0v) is 14.7. The van der Waals surface area contributed by atoms with Crippen LogP contribution in [0.5, 0.6) is 0 Å². The van der Waals surface area contributed by atoms with Gasteiger partial charge in [-0.3, -0.25) is 0 Å². The van der Waals surface area contributed by atoms with Gasteiger partial charge in [-0.15, -0.1) is 10.2 Å². The van der Waals surface area contributed by atoms with E-state index in [1.165, 1.54) is 12.1 Å². The molecule has 0 aliphatic carbocycles. The van der Waals surface area contributed by atoms with E-state index >= 15 is 0 Å². The zero-order valence-electron chi connectivity index (χ0n) is 13.9. The van der Waals surface area contributed by atoms with Crippen molar-refractivity contribution < 1.29 is 8.91 Å². The third-order valence-electron chi connectivity index (χ3n) is 4.38. The van der Waals surface area contributed by atoms with Crippen LogP contribution in [0, 0.1) is 12.7 Å². The molecule has 2 aromatic heterocycles. The summed E-state index contributed by atoms with van der Waals surface area (Å²) in [6.07, 6.45) is 2.61. The van der Waals surface area contributed by atoms with E-state index < -0.39 is 0 Å². The first kappa shape index (κ1) is 16.1. The number of halogens is 1. The maximum Gasteiger partial charge on any atom is 0.229 e. The lowest BCUT2D eigenvalue weighted by atomic mass is 9.97. The summed E-state index contributed by atoms with van der Waals surface area (Å²) in [5.74, 6) is 1.53. The minimum absolute atomic E-state index is 0.221. The minimum atomic E-state index is -0.221. The lowest BCUT2D eigenvalue weighted by Gasteiger charge is -2.29. The molecule has 6 nitrogen and oxygen atoms in total. The predicted octanol–water partition coefficient (Wildman–Crippen LogP) is 3.34. The molecule has 25 heavy (non-hydrogen) atoms. The number of hydrogen-bond donors (Lipinski definition) is 0. The van der Waals surface area contributed by atoms with E-state index in [0.29, 0.717) is 18.2 Å². The van der Waals surface area contributed by atoms with Crippen molar-refractivity contribution in [3.8, 4) is 0 Å². The first-order valence-corrected chi connectivity index (χ1v) is 9.11. The Morgan fingerprint density at radius 3 is 2.64 bits per heavy atom. The van der Waals surface area contributed by atoms with Crippen LogP contribution in [0.1, 0.15) is 41.0 Å². The van der Waals surface area contributed by atoms with Crippen molar-refractivity contribution in [3.05, 3.63) is 52.4 Å². The number of anilines is 1. The molecule has 0 bridgehead atoms. The van der Waals surface area contributed by atoms with Gasteiger partial charge in [-0.25, -0.2) is 4.39 Å². The van der Waals surface area contributed by atoms with E-state index in [4.69, 9.17) is 4.52 Å². The van der Waals surface area contributed by atoms with Gasteiger partial charge in [-0.2, -0.15) is 4.98 Å². The molecule has 0 amide bonds. The number of nitrogens with zero attached hydrogens (tertiary/aromatic N) is 5. The van der Waals surface area contributed by atoms with Crippen LogP contribution in [-0.4, -0.2) is 33.4 Å². The van der Waals surface area contributed by atoms with Gasteiger partial charge in [0, 0.05) is 25.4 Å². The number of hydrogen-bond acceptors (Lipinski definition) is 7. The van der Waals surface area contributed by atoms with Crippen LogP contribution in [0.3, 0.4) is 0 Å². The molecule has 3 heterocycles. The van der Waals surface area contributed by atoms with E-state index in [0.717, 1.165) is 47.5 Å². The molecule has 0 radical (unpaired) electrons. The first-order valence-electron chi connectivity index (χ1n) is 8.29. The van der Waals surface area contributed by atoms with Crippen LogP contribution in [0.4, 0.5) is 9.52 Å². The fourth-order valence-electron chi connectivity index (χ4n) is 3.02. The molecule has 130 valence electrons. The van der Waals surface area contributed by atoms with Crippen LogP contribution in [0.2, 0.25) is 0 Å². The summed E-state index contributed by atoms with van der Waals surface area (Å²) >= 11 is 1.60. The molecule has 1 aromatic carbocycles. The van der Waals surface area contributed by atoms with Crippen LogP contribution in [0.15, 0.2) is 28.8 Å². The normalized spacial score (nSPS) is 15.7. The molecule has 0 N–H and O–H groups in total. The highest BCUT2D eigenvalue weighted by molar-refractivity contribution is 7.15.